The Kier molecular flexibility index (Phi) is 4.76. The zero-order valence-corrected chi connectivity index (χ0v) is 20.8. The van der Waals surface area contributed by atoms with Crippen molar-refractivity contribution in [3.05, 3.63) is 122 Å². The summed E-state index contributed by atoms with van der Waals surface area (Å²) in [5.41, 5.74) is 6.33. The van der Waals surface area contributed by atoms with E-state index in [9.17, 15) is 0 Å². The second kappa shape index (κ2) is 8.57. The van der Waals surface area contributed by atoms with Gasteiger partial charge in [-0.2, -0.15) is 0 Å². The normalized spacial score (nSPS) is 11.6. The van der Waals surface area contributed by atoms with Crippen LogP contribution in [0.1, 0.15) is 0 Å². The first-order valence-electron chi connectivity index (χ1n) is 12.8. The van der Waals surface area contributed by atoms with E-state index < -0.39 is 0 Å². The number of aromatic amines is 1. The second-order valence-corrected chi connectivity index (χ2v) is 9.59. The Morgan fingerprint density at radius 2 is 1.44 bits per heavy atom. The maximum atomic E-state index is 5.15. The molecule has 0 aliphatic heterocycles. The molecule has 4 aromatic heterocycles. The Labute approximate surface area is 223 Å². The maximum Gasteiger partial charge on any atom is 0.122 e. The number of nitrogens with one attached hydrogen (secondary N) is 1. The Morgan fingerprint density at radius 3 is 2.36 bits per heavy atom. The minimum absolute atomic E-state index is 0.711. The molecule has 0 unspecified atom stereocenters. The van der Waals surface area contributed by atoms with Gasteiger partial charge in [-0.15, -0.1) is 10.2 Å². The molecule has 0 fully saturated rings. The van der Waals surface area contributed by atoms with E-state index in [1.807, 2.05) is 42.6 Å². The SMILES string of the molecule is [c]1nnc(-c2nccc3ccccc23)c2c(-c3ccc4ccccc4n3)c(-c3[nH]cc4ccccc34)ccc12. The van der Waals surface area contributed by atoms with E-state index >= 15 is 0 Å². The van der Waals surface area contributed by atoms with Crippen molar-refractivity contribution in [2.45, 2.75) is 0 Å². The molecule has 5 heteroatoms. The molecule has 0 bridgehead atoms. The summed E-state index contributed by atoms with van der Waals surface area (Å²) in [7, 11) is 0. The van der Waals surface area contributed by atoms with Crippen molar-refractivity contribution in [2.24, 2.45) is 0 Å². The van der Waals surface area contributed by atoms with E-state index in [1.54, 1.807) is 0 Å². The van der Waals surface area contributed by atoms with Crippen LogP contribution in [0.3, 0.4) is 0 Å². The Balaban J connectivity index is 1.53. The first-order valence-corrected chi connectivity index (χ1v) is 12.8. The second-order valence-electron chi connectivity index (χ2n) is 9.59. The third-order valence-electron chi connectivity index (χ3n) is 7.39. The Hall–Kier alpha value is -5.42. The summed E-state index contributed by atoms with van der Waals surface area (Å²) in [4.78, 5) is 13.5. The van der Waals surface area contributed by atoms with Gasteiger partial charge in [-0.25, -0.2) is 4.98 Å². The largest absolute Gasteiger partial charge is 0.360 e. The first kappa shape index (κ1) is 21.6. The van der Waals surface area contributed by atoms with Gasteiger partial charge in [0.2, 0.25) is 0 Å². The van der Waals surface area contributed by atoms with E-state index in [0.717, 1.165) is 71.4 Å². The molecule has 0 amide bonds. The van der Waals surface area contributed by atoms with Crippen molar-refractivity contribution in [1.82, 2.24) is 25.1 Å². The molecule has 0 saturated heterocycles. The molecule has 1 radical (unpaired) electrons. The van der Waals surface area contributed by atoms with Gasteiger partial charge in [0.25, 0.3) is 0 Å². The first-order chi connectivity index (χ1) is 19.3. The lowest BCUT2D eigenvalue weighted by Crippen LogP contribution is -1.98. The number of benzene rings is 4. The van der Waals surface area contributed by atoms with Crippen molar-refractivity contribution in [3.8, 4) is 33.9 Å². The Bertz CT molecular complexity index is 2190. The van der Waals surface area contributed by atoms with Crippen LogP contribution in [0, 0.1) is 6.20 Å². The van der Waals surface area contributed by atoms with Crippen molar-refractivity contribution in [1.29, 1.82) is 0 Å². The molecule has 5 nitrogen and oxygen atoms in total. The van der Waals surface area contributed by atoms with Crippen LogP contribution in [-0.2, 0) is 0 Å². The third kappa shape index (κ3) is 3.41. The zero-order chi connectivity index (χ0) is 25.8. The van der Waals surface area contributed by atoms with Crippen LogP contribution in [0.4, 0.5) is 0 Å². The molecule has 0 aliphatic rings. The molecule has 1 N–H and O–H groups in total. The van der Waals surface area contributed by atoms with Gasteiger partial charge in [-0.1, -0.05) is 84.9 Å². The van der Waals surface area contributed by atoms with E-state index in [2.05, 4.69) is 94.3 Å². The molecule has 181 valence electrons. The summed E-state index contributed by atoms with van der Waals surface area (Å²) in [6, 6.07) is 35.2. The predicted octanol–water partition coefficient (Wildman–Crippen LogP) is 8.01. The maximum absolute atomic E-state index is 5.15. The summed E-state index contributed by atoms with van der Waals surface area (Å²) in [5, 5.41) is 16.2. The van der Waals surface area contributed by atoms with Gasteiger partial charge in [0.1, 0.15) is 11.9 Å². The minimum Gasteiger partial charge on any atom is -0.360 e. The highest BCUT2D eigenvalue weighted by atomic mass is 15.1. The lowest BCUT2D eigenvalue weighted by atomic mass is 9.91. The quantitative estimate of drug-likeness (QED) is 0.268. The molecule has 8 aromatic rings. The number of hydrogen-bond donors (Lipinski definition) is 1. The lowest BCUT2D eigenvalue weighted by molar-refractivity contribution is 1.04. The molecule has 0 aliphatic carbocycles. The minimum atomic E-state index is 0.711. The predicted molar refractivity (Wildman–Crippen MR) is 157 cm³/mol. The van der Waals surface area contributed by atoms with Crippen LogP contribution >= 0.6 is 0 Å². The van der Waals surface area contributed by atoms with E-state index in [4.69, 9.17) is 9.97 Å². The highest BCUT2D eigenvalue weighted by molar-refractivity contribution is 6.13. The van der Waals surface area contributed by atoms with Gasteiger partial charge >= 0.3 is 0 Å². The van der Waals surface area contributed by atoms with Gasteiger partial charge < -0.3 is 4.98 Å². The van der Waals surface area contributed by atoms with Gasteiger partial charge in [0, 0.05) is 50.5 Å². The van der Waals surface area contributed by atoms with Crippen LogP contribution in [0.25, 0.3) is 77.1 Å². The number of rotatable bonds is 3. The third-order valence-corrected chi connectivity index (χ3v) is 7.39. The van der Waals surface area contributed by atoms with E-state index in [-0.39, 0.29) is 0 Å². The number of hydrogen-bond acceptors (Lipinski definition) is 4. The van der Waals surface area contributed by atoms with Crippen molar-refractivity contribution < 1.29 is 0 Å². The van der Waals surface area contributed by atoms with Crippen LogP contribution in [0.5, 0.6) is 0 Å². The average Bonchev–Trinajstić information content (AvgIpc) is 3.44. The number of H-pyrrole nitrogens is 1. The van der Waals surface area contributed by atoms with Crippen LogP contribution < -0.4 is 0 Å². The number of pyridine rings is 2. The smallest absolute Gasteiger partial charge is 0.122 e. The zero-order valence-electron chi connectivity index (χ0n) is 20.8. The van der Waals surface area contributed by atoms with Crippen molar-refractivity contribution >= 4 is 43.2 Å². The Morgan fingerprint density at radius 1 is 0.641 bits per heavy atom. The van der Waals surface area contributed by atoms with E-state index in [0.29, 0.717) is 5.69 Å². The molecule has 4 aromatic carbocycles. The fourth-order valence-electron chi connectivity index (χ4n) is 5.58. The molecule has 39 heavy (non-hydrogen) atoms. The summed E-state index contributed by atoms with van der Waals surface area (Å²) >= 11 is 0. The standard InChI is InChI=1S/C34H20N5/c1-4-10-25-21(7-1)17-18-35-33(25)34-30-24(20-37-39-34)13-15-27(32-26-11-5-2-9-23(26)19-36-32)31(30)29-16-14-22-8-3-6-12-28(22)38-29/h1-19,36H. The molecule has 4 heterocycles. The molecular formula is C34H20N5. The monoisotopic (exact) mass is 498 g/mol. The highest BCUT2D eigenvalue weighted by Gasteiger charge is 2.22. The summed E-state index contributed by atoms with van der Waals surface area (Å²) in [5.74, 6) is 0. The summed E-state index contributed by atoms with van der Waals surface area (Å²) in [6.45, 7) is 0. The van der Waals surface area contributed by atoms with Gasteiger partial charge in [0.15, 0.2) is 0 Å². The molecule has 0 atom stereocenters. The number of nitrogens with zero attached hydrogens (tertiary/aromatic N) is 4. The number of aromatic nitrogens is 5. The number of para-hydroxylation sites is 1. The molecule has 0 spiro atoms. The lowest BCUT2D eigenvalue weighted by Gasteiger charge is -2.16. The molecule has 0 saturated carbocycles. The fraction of sp³-hybridized carbons (Fsp3) is 0. The summed E-state index contributed by atoms with van der Waals surface area (Å²) in [6.07, 6.45) is 7.02. The van der Waals surface area contributed by atoms with Crippen molar-refractivity contribution in [2.75, 3.05) is 0 Å². The van der Waals surface area contributed by atoms with Crippen LogP contribution in [0.2, 0.25) is 0 Å². The van der Waals surface area contributed by atoms with Gasteiger partial charge in [0.05, 0.1) is 22.6 Å². The molecule has 8 rings (SSSR count). The molecular weight excluding hydrogens is 478 g/mol. The van der Waals surface area contributed by atoms with Gasteiger partial charge in [-0.05, 0) is 29.0 Å². The highest BCUT2D eigenvalue weighted by Crippen LogP contribution is 2.43. The van der Waals surface area contributed by atoms with Crippen molar-refractivity contribution in [3.63, 3.8) is 0 Å². The van der Waals surface area contributed by atoms with Crippen LogP contribution in [0.15, 0.2) is 116 Å². The summed E-state index contributed by atoms with van der Waals surface area (Å²) < 4.78 is 0. The van der Waals surface area contributed by atoms with Gasteiger partial charge in [-0.3, -0.25) is 4.98 Å². The fourth-order valence-corrected chi connectivity index (χ4v) is 5.58. The van der Waals surface area contributed by atoms with Crippen LogP contribution in [-0.4, -0.2) is 25.1 Å². The van der Waals surface area contributed by atoms with E-state index in [1.165, 1.54) is 0 Å². The average molecular weight is 499 g/mol. The topological polar surface area (TPSA) is 67.3 Å². The number of fused-ring (bicyclic) bond motifs is 4.